The molecule has 0 aliphatic heterocycles. The fourth-order valence-corrected chi connectivity index (χ4v) is 1.47. The van der Waals surface area contributed by atoms with Gasteiger partial charge in [0.2, 0.25) is 0 Å². The second-order valence-electron chi connectivity index (χ2n) is 3.16. The highest BCUT2D eigenvalue weighted by Crippen LogP contribution is 2.08. The number of carbonyl (C=O) groups excluding carboxylic acids is 1. The van der Waals surface area contributed by atoms with Crippen molar-refractivity contribution in [2.75, 3.05) is 0 Å². The first kappa shape index (κ1) is 8.69. The number of nitrogens with one attached hydrogen (secondary N) is 1. The largest absolute Gasteiger partial charge is 0.352 e. The number of aromatic amines is 1. The van der Waals surface area contributed by atoms with Gasteiger partial charge in [-0.2, -0.15) is 0 Å². The highest BCUT2D eigenvalue weighted by Gasteiger charge is 2.05. The van der Waals surface area contributed by atoms with Crippen molar-refractivity contribution in [3.05, 3.63) is 45.7 Å². The third-order valence-corrected chi connectivity index (χ3v) is 2.30. The van der Waals surface area contributed by atoms with Crippen LogP contribution in [0.1, 0.15) is 16.1 Å². The number of pyridine rings is 1. The predicted octanol–water partition coefficient (Wildman–Crippen LogP) is 1.65. The molecule has 0 aliphatic carbocycles. The van der Waals surface area contributed by atoms with Crippen molar-refractivity contribution in [2.45, 2.75) is 6.92 Å². The first-order valence-corrected chi connectivity index (χ1v) is 4.31. The third-order valence-electron chi connectivity index (χ3n) is 2.30. The van der Waals surface area contributed by atoms with Gasteiger partial charge in [0.15, 0.2) is 11.7 Å². The number of para-hydroxylation sites is 1. The monoisotopic (exact) mass is 187 g/mol. The van der Waals surface area contributed by atoms with Gasteiger partial charge in [-0.25, -0.2) is 0 Å². The minimum atomic E-state index is -0.0820. The summed E-state index contributed by atoms with van der Waals surface area (Å²) >= 11 is 0. The number of rotatable bonds is 1. The van der Waals surface area contributed by atoms with Crippen molar-refractivity contribution in [1.82, 2.24) is 4.98 Å². The molecule has 0 atom stereocenters. The van der Waals surface area contributed by atoms with Gasteiger partial charge in [-0.1, -0.05) is 12.1 Å². The van der Waals surface area contributed by atoms with E-state index in [1.807, 2.05) is 6.07 Å². The number of hydrogen-bond donors (Lipinski definition) is 1. The average molecular weight is 187 g/mol. The summed E-state index contributed by atoms with van der Waals surface area (Å²) in [5.74, 6) is 0. The Hall–Kier alpha value is -1.90. The first-order chi connectivity index (χ1) is 6.74. The molecular weight excluding hydrogens is 178 g/mol. The summed E-state index contributed by atoms with van der Waals surface area (Å²) in [4.78, 5) is 25.3. The van der Waals surface area contributed by atoms with Crippen LogP contribution in [0.5, 0.6) is 0 Å². The van der Waals surface area contributed by atoms with Gasteiger partial charge in [0.25, 0.3) is 0 Å². The molecule has 1 N–H and O–H groups in total. The molecule has 2 rings (SSSR count). The molecular formula is C11H9NO2. The second kappa shape index (κ2) is 3.10. The lowest BCUT2D eigenvalue weighted by Gasteiger charge is -2.01. The zero-order valence-electron chi connectivity index (χ0n) is 7.70. The van der Waals surface area contributed by atoms with E-state index in [2.05, 4.69) is 4.98 Å². The Morgan fingerprint density at radius 1 is 1.29 bits per heavy atom. The molecule has 70 valence electrons. The number of fused-ring (bicyclic) bond motifs is 1. The van der Waals surface area contributed by atoms with Crippen LogP contribution in [0.25, 0.3) is 10.9 Å². The predicted molar refractivity (Wildman–Crippen MR) is 54.7 cm³/mol. The van der Waals surface area contributed by atoms with Crippen molar-refractivity contribution in [2.24, 2.45) is 0 Å². The van der Waals surface area contributed by atoms with Crippen LogP contribution in [-0.2, 0) is 0 Å². The fourth-order valence-electron chi connectivity index (χ4n) is 1.47. The van der Waals surface area contributed by atoms with Crippen LogP contribution in [-0.4, -0.2) is 11.3 Å². The van der Waals surface area contributed by atoms with Crippen LogP contribution in [0.3, 0.4) is 0 Å². The zero-order chi connectivity index (χ0) is 10.1. The summed E-state index contributed by atoms with van der Waals surface area (Å²) in [5, 5.41) is 0.621. The molecule has 2 aromatic rings. The van der Waals surface area contributed by atoms with Crippen LogP contribution in [0.4, 0.5) is 0 Å². The lowest BCUT2D eigenvalue weighted by Crippen LogP contribution is -2.10. The lowest BCUT2D eigenvalue weighted by atomic mass is 10.1. The summed E-state index contributed by atoms with van der Waals surface area (Å²) in [6, 6.07) is 7.15. The maximum Gasteiger partial charge on any atom is 0.193 e. The maximum atomic E-state index is 11.7. The van der Waals surface area contributed by atoms with E-state index in [1.54, 1.807) is 25.1 Å². The smallest absolute Gasteiger partial charge is 0.193 e. The van der Waals surface area contributed by atoms with Crippen LogP contribution in [0, 0.1) is 6.92 Å². The van der Waals surface area contributed by atoms with Gasteiger partial charge >= 0.3 is 0 Å². The second-order valence-corrected chi connectivity index (χ2v) is 3.16. The molecule has 0 radical (unpaired) electrons. The summed E-state index contributed by atoms with van der Waals surface area (Å²) < 4.78 is 0. The van der Waals surface area contributed by atoms with Crippen molar-refractivity contribution >= 4 is 17.2 Å². The Labute approximate surface area is 80.4 Å². The Bertz CT molecular complexity index is 555. The molecule has 0 aliphatic rings. The molecule has 14 heavy (non-hydrogen) atoms. The summed E-state index contributed by atoms with van der Waals surface area (Å²) in [7, 11) is 0. The van der Waals surface area contributed by atoms with Crippen LogP contribution < -0.4 is 5.43 Å². The van der Waals surface area contributed by atoms with Crippen LogP contribution in [0.2, 0.25) is 0 Å². The Kier molecular flexibility index (Phi) is 1.93. The van der Waals surface area contributed by atoms with E-state index in [9.17, 15) is 9.59 Å². The average Bonchev–Trinajstić information content (AvgIpc) is 2.23. The number of H-pyrrole nitrogens is 1. The molecule has 0 bridgehead atoms. The van der Waals surface area contributed by atoms with E-state index < -0.39 is 0 Å². The quantitative estimate of drug-likeness (QED) is 0.690. The topological polar surface area (TPSA) is 49.9 Å². The standard InChI is InChI=1S/C11H9NO2/c1-7-10(6-13)12-9-5-3-2-4-8(9)11(7)14/h2-6H,1H3,(H,12,14). The van der Waals surface area contributed by atoms with E-state index in [4.69, 9.17) is 0 Å². The third kappa shape index (κ3) is 1.14. The summed E-state index contributed by atoms with van der Waals surface area (Å²) in [6.45, 7) is 1.65. The fraction of sp³-hybridized carbons (Fsp3) is 0.0909. The zero-order valence-corrected chi connectivity index (χ0v) is 7.70. The number of carbonyl (C=O) groups is 1. The first-order valence-electron chi connectivity index (χ1n) is 4.31. The van der Waals surface area contributed by atoms with Gasteiger partial charge in [-0.3, -0.25) is 9.59 Å². The van der Waals surface area contributed by atoms with E-state index in [1.165, 1.54) is 0 Å². The molecule has 1 aromatic carbocycles. The van der Waals surface area contributed by atoms with E-state index >= 15 is 0 Å². The minimum absolute atomic E-state index is 0.0820. The normalized spacial score (nSPS) is 10.4. The maximum absolute atomic E-state index is 11.7. The van der Waals surface area contributed by atoms with Gasteiger partial charge < -0.3 is 4.98 Å². The molecule has 1 heterocycles. The van der Waals surface area contributed by atoms with Crippen molar-refractivity contribution in [1.29, 1.82) is 0 Å². The molecule has 0 saturated carbocycles. The molecule has 3 heteroatoms. The molecule has 3 nitrogen and oxygen atoms in total. The van der Waals surface area contributed by atoms with Gasteiger partial charge in [0.05, 0.1) is 5.69 Å². The van der Waals surface area contributed by atoms with E-state index in [0.717, 1.165) is 0 Å². The molecule has 1 aromatic heterocycles. The molecule has 0 unspecified atom stereocenters. The number of hydrogen-bond acceptors (Lipinski definition) is 2. The minimum Gasteiger partial charge on any atom is -0.352 e. The molecule has 0 amide bonds. The Morgan fingerprint density at radius 3 is 2.71 bits per heavy atom. The van der Waals surface area contributed by atoms with Gasteiger partial charge in [-0.15, -0.1) is 0 Å². The van der Waals surface area contributed by atoms with E-state index in [0.29, 0.717) is 28.4 Å². The Morgan fingerprint density at radius 2 is 2.00 bits per heavy atom. The number of aromatic nitrogens is 1. The number of benzene rings is 1. The highest BCUT2D eigenvalue weighted by molar-refractivity contribution is 5.84. The van der Waals surface area contributed by atoms with Crippen LogP contribution in [0.15, 0.2) is 29.1 Å². The van der Waals surface area contributed by atoms with Crippen LogP contribution >= 0.6 is 0 Å². The molecule has 0 saturated heterocycles. The Balaban J connectivity index is 2.99. The molecule has 0 spiro atoms. The van der Waals surface area contributed by atoms with E-state index in [-0.39, 0.29) is 5.43 Å². The van der Waals surface area contributed by atoms with Gasteiger partial charge in [-0.05, 0) is 19.1 Å². The highest BCUT2D eigenvalue weighted by atomic mass is 16.1. The molecule has 0 fully saturated rings. The van der Waals surface area contributed by atoms with Crippen molar-refractivity contribution in [3.63, 3.8) is 0 Å². The van der Waals surface area contributed by atoms with Crippen molar-refractivity contribution < 1.29 is 4.79 Å². The number of aldehydes is 1. The SMILES string of the molecule is Cc1c(C=O)[nH]c2ccccc2c1=O. The summed E-state index contributed by atoms with van der Waals surface area (Å²) in [5.41, 5.74) is 1.44. The summed E-state index contributed by atoms with van der Waals surface area (Å²) in [6.07, 6.45) is 0.670. The lowest BCUT2D eigenvalue weighted by molar-refractivity contribution is 0.111. The van der Waals surface area contributed by atoms with Gasteiger partial charge in [0, 0.05) is 16.5 Å². The van der Waals surface area contributed by atoms with Crippen molar-refractivity contribution in [3.8, 4) is 0 Å². The van der Waals surface area contributed by atoms with Gasteiger partial charge in [0.1, 0.15) is 0 Å².